The van der Waals surface area contributed by atoms with E-state index < -0.39 is 5.97 Å². The van der Waals surface area contributed by atoms with Gasteiger partial charge in [0, 0.05) is 5.56 Å². The van der Waals surface area contributed by atoms with Gasteiger partial charge in [-0.15, -0.1) is 0 Å². The standard InChI is InChI=1S/C10H5Cl2NO3/c11-6-2-1-5(3-7(6)12)9-13-8(4-16-9)10(14)15/h1-4H,(H,14,15). The number of nitrogens with zero attached hydrogens (tertiary/aromatic N) is 1. The van der Waals surface area contributed by atoms with E-state index in [0.717, 1.165) is 6.26 Å². The van der Waals surface area contributed by atoms with Gasteiger partial charge in [0.15, 0.2) is 5.69 Å². The Labute approximate surface area is 100 Å². The summed E-state index contributed by atoms with van der Waals surface area (Å²) in [6.07, 6.45) is 1.07. The second-order valence-corrected chi connectivity index (χ2v) is 3.79. The lowest BCUT2D eigenvalue weighted by Gasteiger charge is -1.97. The number of rotatable bonds is 2. The van der Waals surface area contributed by atoms with E-state index in [1.807, 2.05) is 0 Å². The number of benzene rings is 1. The van der Waals surface area contributed by atoms with Crippen molar-refractivity contribution in [2.45, 2.75) is 0 Å². The van der Waals surface area contributed by atoms with Crippen molar-refractivity contribution in [3.63, 3.8) is 0 Å². The smallest absolute Gasteiger partial charge is 0.357 e. The Morgan fingerprint density at radius 3 is 2.62 bits per heavy atom. The van der Waals surface area contributed by atoms with Crippen LogP contribution in [0.25, 0.3) is 11.5 Å². The molecule has 0 fully saturated rings. The molecule has 0 spiro atoms. The van der Waals surface area contributed by atoms with E-state index >= 15 is 0 Å². The van der Waals surface area contributed by atoms with Crippen LogP contribution in [0.3, 0.4) is 0 Å². The monoisotopic (exact) mass is 257 g/mol. The Kier molecular flexibility index (Phi) is 2.85. The second-order valence-electron chi connectivity index (χ2n) is 2.97. The highest BCUT2D eigenvalue weighted by Crippen LogP contribution is 2.27. The summed E-state index contributed by atoms with van der Waals surface area (Å²) < 4.78 is 5.01. The minimum atomic E-state index is -1.14. The molecule has 1 N–H and O–H groups in total. The topological polar surface area (TPSA) is 63.3 Å². The number of carboxylic acid groups (broad SMARTS) is 1. The molecule has 0 bridgehead atoms. The van der Waals surface area contributed by atoms with Gasteiger partial charge in [-0.3, -0.25) is 0 Å². The molecule has 6 heteroatoms. The summed E-state index contributed by atoms with van der Waals surface area (Å²) in [5.41, 5.74) is 0.419. The fourth-order valence-corrected chi connectivity index (χ4v) is 1.43. The molecule has 2 rings (SSSR count). The SMILES string of the molecule is O=C(O)c1coc(-c2ccc(Cl)c(Cl)c2)n1. The summed E-state index contributed by atoms with van der Waals surface area (Å²) in [7, 11) is 0. The third kappa shape index (κ3) is 2.03. The zero-order valence-corrected chi connectivity index (χ0v) is 9.29. The van der Waals surface area contributed by atoms with Crippen LogP contribution in [0.1, 0.15) is 10.5 Å². The van der Waals surface area contributed by atoms with Crippen LogP contribution < -0.4 is 0 Å². The predicted octanol–water partition coefficient (Wildman–Crippen LogP) is 3.35. The third-order valence-electron chi connectivity index (χ3n) is 1.89. The molecule has 82 valence electrons. The molecule has 0 aliphatic carbocycles. The summed E-state index contributed by atoms with van der Waals surface area (Å²) >= 11 is 11.6. The van der Waals surface area contributed by atoms with Crippen molar-refractivity contribution in [2.24, 2.45) is 0 Å². The first-order chi connectivity index (χ1) is 7.58. The van der Waals surface area contributed by atoms with E-state index in [4.69, 9.17) is 32.7 Å². The summed E-state index contributed by atoms with van der Waals surface area (Å²) in [5, 5.41) is 9.44. The highest BCUT2D eigenvalue weighted by molar-refractivity contribution is 6.42. The number of halogens is 2. The van der Waals surface area contributed by atoms with Crippen LogP contribution in [0, 0.1) is 0 Å². The molecule has 1 aromatic carbocycles. The fourth-order valence-electron chi connectivity index (χ4n) is 1.13. The van der Waals surface area contributed by atoms with E-state index in [0.29, 0.717) is 15.6 Å². The number of carboxylic acids is 1. The minimum absolute atomic E-state index is 0.152. The Bertz CT molecular complexity index is 551. The molecule has 0 atom stereocenters. The molecule has 16 heavy (non-hydrogen) atoms. The van der Waals surface area contributed by atoms with Gasteiger partial charge < -0.3 is 9.52 Å². The van der Waals surface area contributed by atoms with Gasteiger partial charge in [-0.2, -0.15) is 0 Å². The lowest BCUT2D eigenvalue weighted by Crippen LogP contribution is -1.95. The van der Waals surface area contributed by atoms with Crippen molar-refractivity contribution >= 4 is 29.2 Å². The van der Waals surface area contributed by atoms with Gasteiger partial charge >= 0.3 is 5.97 Å². The quantitative estimate of drug-likeness (QED) is 0.897. The maximum absolute atomic E-state index is 10.6. The Balaban J connectivity index is 2.42. The van der Waals surface area contributed by atoms with Crippen molar-refractivity contribution in [2.75, 3.05) is 0 Å². The second kappa shape index (κ2) is 4.15. The molecular formula is C10H5Cl2NO3. The van der Waals surface area contributed by atoms with Gasteiger partial charge in [-0.1, -0.05) is 23.2 Å². The van der Waals surface area contributed by atoms with Gasteiger partial charge in [0.2, 0.25) is 5.89 Å². The van der Waals surface area contributed by atoms with E-state index in [-0.39, 0.29) is 11.6 Å². The first-order valence-electron chi connectivity index (χ1n) is 4.22. The number of oxazole rings is 1. The highest BCUT2D eigenvalue weighted by Gasteiger charge is 2.12. The maximum Gasteiger partial charge on any atom is 0.357 e. The van der Waals surface area contributed by atoms with Gasteiger partial charge in [-0.25, -0.2) is 9.78 Å². The number of carbonyl (C=O) groups is 1. The van der Waals surface area contributed by atoms with Crippen LogP contribution in [0.5, 0.6) is 0 Å². The van der Waals surface area contributed by atoms with Crippen LogP contribution in [-0.2, 0) is 0 Å². The molecule has 1 aromatic heterocycles. The van der Waals surface area contributed by atoms with Crippen LogP contribution in [0.2, 0.25) is 10.0 Å². The maximum atomic E-state index is 10.6. The van der Waals surface area contributed by atoms with Crippen LogP contribution in [0.4, 0.5) is 0 Å². The van der Waals surface area contributed by atoms with E-state index in [9.17, 15) is 4.79 Å². The average Bonchev–Trinajstić information content (AvgIpc) is 2.71. The van der Waals surface area contributed by atoms with Crippen LogP contribution in [-0.4, -0.2) is 16.1 Å². The number of aromatic nitrogens is 1. The van der Waals surface area contributed by atoms with E-state index in [2.05, 4.69) is 4.98 Å². The zero-order chi connectivity index (χ0) is 11.7. The molecule has 4 nitrogen and oxygen atoms in total. The van der Waals surface area contributed by atoms with Gasteiger partial charge in [0.25, 0.3) is 0 Å². The molecule has 1 heterocycles. The fraction of sp³-hybridized carbons (Fsp3) is 0. The largest absolute Gasteiger partial charge is 0.476 e. The molecule has 0 saturated heterocycles. The molecular weight excluding hydrogens is 253 g/mol. The van der Waals surface area contributed by atoms with Crippen molar-refractivity contribution in [1.29, 1.82) is 0 Å². The molecule has 0 radical (unpaired) electrons. The highest BCUT2D eigenvalue weighted by atomic mass is 35.5. The van der Waals surface area contributed by atoms with E-state index in [1.165, 1.54) is 0 Å². The van der Waals surface area contributed by atoms with Crippen molar-refractivity contribution in [3.8, 4) is 11.5 Å². The molecule has 0 amide bonds. The lowest BCUT2D eigenvalue weighted by atomic mass is 10.2. The summed E-state index contributed by atoms with van der Waals surface area (Å²) in [6, 6.07) is 4.79. The number of hydrogen-bond donors (Lipinski definition) is 1. The molecule has 2 aromatic rings. The molecule has 0 aliphatic heterocycles. The third-order valence-corrected chi connectivity index (χ3v) is 2.63. The van der Waals surface area contributed by atoms with Crippen molar-refractivity contribution in [3.05, 3.63) is 40.2 Å². The molecule has 0 unspecified atom stereocenters. The zero-order valence-electron chi connectivity index (χ0n) is 7.78. The normalized spacial score (nSPS) is 10.4. The minimum Gasteiger partial charge on any atom is -0.476 e. The first-order valence-corrected chi connectivity index (χ1v) is 4.98. The van der Waals surface area contributed by atoms with E-state index in [1.54, 1.807) is 18.2 Å². The van der Waals surface area contributed by atoms with Gasteiger partial charge in [-0.05, 0) is 18.2 Å². The summed E-state index contributed by atoms with van der Waals surface area (Å²) in [5.74, 6) is -0.953. The lowest BCUT2D eigenvalue weighted by molar-refractivity contribution is 0.0690. The summed E-state index contributed by atoms with van der Waals surface area (Å²) in [4.78, 5) is 14.4. The Morgan fingerprint density at radius 1 is 1.31 bits per heavy atom. The Hall–Kier alpha value is -1.52. The van der Waals surface area contributed by atoms with Gasteiger partial charge in [0.05, 0.1) is 10.0 Å². The summed E-state index contributed by atoms with van der Waals surface area (Å²) in [6.45, 7) is 0. The molecule has 0 saturated carbocycles. The van der Waals surface area contributed by atoms with Crippen molar-refractivity contribution < 1.29 is 14.3 Å². The van der Waals surface area contributed by atoms with Crippen LogP contribution >= 0.6 is 23.2 Å². The average molecular weight is 258 g/mol. The number of aromatic carboxylic acids is 1. The van der Waals surface area contributed by atoms with Crippen molar-refractivity contribution in [1.82, 2.24) is 4.98 Å². The number of hydrogen-bond acceptors (Lipinski definition) is 3. The predicted molar refractivity (Wildman–Crippen MR) is 58.9 cm³/mol. The van der Waals surface area contributed by atoms with Gasteiger partial charge in [0.1, 0.15) is 6.26 Å². The first kappa shape index (κ1) is 11.0. The molecule has 0 aliphatic rings. The van der Waals surface area contributed by atoms with Crippen LogP contribution in [0.15, 0.2) is 28.9 Å². The Morgan fingerprint density at radius 2 is 2.06 bits per heavy atom.